The number of nitrogens with zero attached hydrogens (tertiary/aromatic N) is 1. The van der Waals surface area contributed by atoms with Gasteiger partial charge >= 0.3 is 0 Å². The first kappa shape index (κ1) is 18.3. The first-order chi connectivity index (χ1) is 13.7. The smallest absolute Gasteiger partial charge is 0.258 e. The standard InChI is InChI=1S/C23H23N3O2/c27-15-16-8-10-17(11-9-16)18-12-13-24-19(14-18)4-3-7-22-25-21-6-2-1-5-20(21)23(28)26-22/h1-2,5-6,8-12,15,19,24H,3-4,7,13-14H2,(H,25,26,28). The van der Waals surface area contributed by atoms with Gasteiger partial charge in [-0.1, -0.05) is 42.5 Å². The highest BCUT2D eigenvalue weighted by Gasteiger charge is 2.16. The molecule has 0 amide bonds. The van der Waals surface area contributed by atoms with Crippen LogP contribution in [-0.4, -0.2) is 28.8 Å². The third kappa shape index (κ3) is 4.10. The van der Waals surface area contributed by atoms with Crippen molar-refractivity contribution < 1.29 is 4.79 Å². The lowest BCUT2D eigenvalue weighted by molar-refractivity contribution is 0.112. The minimum atomic E-state index is -0.0691. The normalized spacial score (nSPS) is 16.7. The highest BCUT2D eigenvalue weighted by atomic mass is 16.1. The summed E-state index contributed by atoms with van der Waals surface area (Å²) < 4.78 is 0. The molecule has 5 heteroatoms. The Morgan fingerprint density at radius 1 is 1.11 bits per heavy atom. The van der Waals surface area contributed by atoms with Crippen LogP contribution >= 0.6 is 0 Å². The molecule has 0 spiro atoms. The molecule has 0 saturated heterocycles. The Kier molecular flexibility index (Phi) is 5.44. The average Bonchev–Trinajstić information content (AvgIpc) is 2.74. The highest BCUT2D eigenvalue weighted by molar-refractivity contribution is 5.77. The van der Waals surface area contributed by atoms with Crippen molar-refractivity contribution in [2.24, 2.45) is 0 Å². The molecule has 0 radical (unpaired) electrons. The number of aryl methyl sites for hydroxylation is 1. The zero-order chi connectivity index (χ0) is 19.3. The van der Waals surface area contributed by atoms with E-state index in [4.69, 9.17) is 0 Å². The number of aromatic amines is 1. The van der Waals surface area contributed by atoms with Gasteiger partial charge in [0.2, 0.25) is 0 Å². The number of aldehydes is 1. The van der Waals surface area contributed by atoms with Crippen LogP contribution in [0.1, 0.15) is 41.0 Å². The maximum absolute atomic E-state index is 12.2. The van der Waals surface area contributed by atoms with Gasteiger partial charge in [0, 0.05) is 24.6 Å². The zero-order valence-corrected chi connectivity index (χ0v) is 15.7. The second-order valence-electron chi connectivity index (χ2n) is 7.20. The van der Waals surface area contributed by atoms with Crippen LogP contribution in [0, 0.1) is 0 Å². The van der Waals surface area contributed by atoms with Gasteiger partial charge < -0.3 is 10.3 Å². The number of nitrogens with one attached hydrogen (secondary N) is 2. The fourth-order valence-corrected chi connectivity index (χ4v) is 3.75. The van der Waals surface area contributed by atoms with Crippen molar-refractivity contribution in [1.82, 2.24) is 15.3 Å². The van der Waals surface area contributed by atoms with Gasteiger partial charge in [0.15, 0.2) is 0 Å². The molecule has 0 saturated carbocycles. The molecule has 0 fully saturated rings. The second kappa shape index (κ2) is 8.31. The number of carbonyl (C=O) groups excluding carboxylic acids is 1. The molecular weight excluding hydrogens is 350 g/mol. The summed E-state index contributed by atoms with van der Waals surface area (Å²) in [5, 5.41) is 4.18. The van der Waals surface area contributed by atoms with Crippen molar-refractivity contribution in [3.63, 3.8) is 0 Å². The second-order valence-corrected chi connectivity index (χ2v) is 7.20. The Morgan fingerprint density at radius 3 is 2.75 bits per heavy atom. The van der Waals surface area contributed by atoms with Crippen LogP contribution < -0.4 is 10.9 Å². The first-order valence-corrected chi connectivity index (χ1v) is 9.69. The number of benzene rings is 2. The van der Waals surface area contributed by atoms with E-state index in [-0.39, 0.29) is 5.56 Å². The molecule has 1 aliphatic rings. The lowest BCUT2D eigenvalue weighted by Gasteiger charge is -2.24. The minimum absolute atomic E-state index is 0.0691. The summed E-state index contributed by atoms with van der Waals surface area (Å²) in [6, 6.07) is 15.6. The van der Waals surface area contributed by atoms with Crippen LogP contribution in [-0.2, 0) is 6.42 Å². The summed E-state index contributed by atoms with van der Waals surface area (Å²) >= 11 is 0. The van der Waals surface area contributed by atoms with E-state index in [9.17, 15) is 9.59 Å². The van der Waals surface area contributed by atoms with E-state index in [1.54, 1.807) is 6.07 Å². The van der Waals surface area contributed by atoms with Crippen LogP contribution in [0.4, 0.5) is 0 Å². The Morgan fingerprint density at radius 2 is 1.93 bits per heavy atom. The number of carbonyl (C=O) groups is 1. The molecular formula is C23H23N3O2. The number of para-hydroxylation sites is 1. The number of fused-ring (bicyclic) bond motifs is 1. The SMILES string of the molecule is O=Cc1ccc(C2=CCNC(CCCc3nc4ccccc4c(=O)[nH]3)C2)cc1. The number of rotatable bonds is 6. The largest absolute Gasteiger partial charge is 0.310 e. The van der Waals surface area contributed by atoms with Crippen LogP contribution in [0.25, 0.3) is 16.5 Å². The number of hydrogen-bond donors (Lipinski definition) is 2. The molecule has 1 aromatic heterocycles. The zero-order valence-electron chi connectivity index (χ0n) is 15.7. The molecule has 0 bridgehead atoms. The Balaban J connectivity index is 1.36. The molecule has 2 heterocycles. The lowest BCUT2D eigenvalue weighted by atomic mass is 9.92. The van der Waals surface area contributed by atoms with Gasteiger partial charge in [0.05, 0.1) is 10.9 Å². The van der Waals surface area contributed by atoms with Crippen LogP contribution in [0.5, 0.6) is 0 Å². The van der Waals surface area contributed by atoms with Gasteiger partial charge in [-0.25, -0.2) is 4.98 Å². The predicted molar refractivity (Wildman–Crippen MR) is 112 cm³/mol. The fourth-order valence-electron chi connectivity index (χ4n) is 3.75. The Hall–Kier alpha value is -3.05. The van der Waals surface area contributed by atoms with E-state index in [0.717, 1.165) is 49.9 Å². The molecule has 3 aromatic rings. The number of H-pyrrole nitrogens is 1. The molecule has 2 N–H and O–H groups in total. The van der Waals surface area contributed by atoms with E-state index >= 15 is 0 Å². The van der Waals surface area contributed by atoms with Crippen molar-refractivity contribution in [2.75, 3.05) is 6.54 Å². The van der Waals surface area contributed by atoms with Gasteiger partial charge in [-0.15, -0.1) is 0 Å². The first-order valence-electron chi connectivity index (χ1n) is 9.69. The molecule has 1 atom stereocenters. The van der Waals surface area contributed by atoms with Crippen molar-refractivity contribution in [3.8, 4) is 0 Å². The maximum Gasteiger partial charge on any atom is 0.258 e. The molecule has 1 aliphatic heterocycles. The predicted octanol–water partition coefficient (Wildman–Crippen LogP) is 3.50. The van der Waals surface area contributed by atoms with Gasteiger partial charge in [-0.2, -0.15) is 0 Å². The molecule has 5 nitrogen and oxygen atoms in total. The van der Waals surface area contributed by atoms with Crippen LogP contribution in [0.2, 0.25) is 0 Å². The van der Waals surface area contributed by atoms with Gasteiger partial charge in [-0.3, -0.25) is 9.59 Å². The van der Waals surface area contributed by atoms with Crippen LogP contribution in [0.15, 0.2) is 59.4 Å². The third-order valence-electron chi connectivity index (χ3n) is 5.27. The monoisotopic (exact) mass is 373 g/mol. The molecule has 2 aromatic carbocycles. The van der Waals surface area contributed by atoms with Gasteiger partial charge in [0.1, 0.15) is 12.1 Å². The molecule has 142 valence electrons. The molecule has 4 rings (SSSR count). The molecule has 1 unspecified atom stereocenters. The third-order valence-corrected chi connectivity index (χ3v) is 5.27. The summed E-state index contributed by atoms with van der Waals surface area (Å²) in [7, 11) is 0. The molecule has 28 heavy (non-hydrogen) atoms. The quantitative estimate of drug-likeness (QED) is 0.649. The van der Waals surface area contributed by atoms with Crippen molar-refractivity contribution in [2.45, 2.75) is 31.7 Å². The topological polar surface area (TPSA) is 74.8 Å². The van der Waals surface area contributed by atoms with Crippen molar-refractivity contribution >= 4 is 22.8 Å². The summed E-state index contributed by atoms with van der Waals surface area (Å²) in [6.07, 6.45) is 6.77. The van der Waals surface area contributed by atoms with Gasteiger partial charge in [0.25, 0.3) is 5.56 Å². The minimum Gasteiger partial charge on any atom is -0.310 e. The fraction of sp³-hybridized carbons (Fsp3) is 0.261. The highest BCUT2D eigenvalue weighted by Crippen LogP contribution is 2.24. The van der Waals surface area contributed by atoms with E-state index in [1.807, 2.05) is 42.5 Å². The summed E-state index contributed by atoms with van der Waals surface area (Å²) in [5.41, 5.74) is 3.88. The van der Waals surface area contributed by atoms with Crippen LogP contribution in [0.3, 0.4) is 0 Å². The van der Waals surface area contributed by atoms with Crippen molar-refractivity contribution in [1.29, 1.82) is 0 Å². The Bertz CT molecular complexity index is 1070. The maximum atomic E-state index is 12.2. The van der Waals surface area contributed by atoms with E-state index in [2.05, 4.69) is 21.4 Å². The van der Waals surface area contributed by atoms with E-state index in [0.29, 0.717) is 17.0 Å². The van der Waals surface area contributed by atoms with E-state index in [1.165, 1.54) is 11.1 Å². The summed E-state index contributed by atoms with van der Waals surface area (Å²) in [5.74, 6) is 0.750. The van der Waals surface area contributed by atoms with E-state index < -0.39 is 0 Å². The lowest BCUT2D eigenvalue weighted by Crippen LogP contribution is -2.33. The Labute approximate surface area is 163 Å². The molecule has 0 aliphatic carbocycles. The average molecular weight is 373 g/mol. The summed E-state index contributed by atoms with van der Waals surface area (Å²) in [6.45, 7) is 0.848. The summed E-state index contributed by atoms with van der Waals surface area (Å²) in [4.78, 5) is 30.5. The number of hydrogen-bond acceptors (Lipinski definition) is 4. The number of aromatic nitrogens is 2. The van der Waals surface area contributed by atoms with Gasteiger partial charge in [-0.05, 0) is 42.5 Å². The van der Waals surface area contributed by atoms with Crippen molar-refractivity contribution in [3.05, 3.63) is 81.9 Å².